The Morgan fingerprint density at radius 1 is 1.23 bits per heavy atom. The molecule has 0 saturated heterocycles. The van der Waals surface area contributed by atoms with E-state index < -0.39 is 11.7 Å². The Labute approximate surface area is 128 Å². The van der Waals surface area contributed by atoms with Gasteiger partial charge in [-0.2, -0.15) is 0 Å². The molecular formula is C17H18FN3O. The highest BCUT2D eigenvalue weighted by Gasteiger charge is 2.17. The first kappa shape index (κ1) is 14.5. The summed E-state index contributed by atoms with van der Waals surface area (Å²) in [4.78, 5) is 13.4. The molecule has 2 aromatic rings. The highest BCUT2D eigenvalue weighted by Crippen LogP contribution is 2.27. The number of carbonyl (C=O) groups excluding carboxylic acids is 1. The van der Waals surface area contributed by atoms with Crippen LogP contribution in [0.4, 0.5) is 15.8 Å². The van der Waals surface area contributed by atoms with Gasteiger partial charge in [0.05, 0.1) is 12.2 Å². The van der Waals surface area contributed by atoms with E-state index in [1.54, 1.807) is 6.07 Å². The number of nitrogens with two attached hydrogens (primary N) is 1. The number of benzene rings is 2. The fourth-order valence-electron chi connectivity index (χ4n) is 2.72. The van der Waals surface area contributed by atoms with E-state index in [0.717, 1.165) is 25.2 Å². The van der Waals surface area contributed by atoms with Crippen molar-refractivity contribution in [2.45, 2.75) is 13.0 Å². The minimum atomic E-state index is -0.446. The van der Waals surface area contributed by atoms with E-state index >= 15 is 0 Å². The summed E-state index contributed by atoms with van der Waals surface area (Å²) >= 11 is 0. The molecule has 0 aromatic heterocycles. The van der Waals surface area contributed by atoms with Crippen LogP contribution in [-0.4, -0.2) is 19.0 Å². The first-order valence-corrected chi connectivity index (χ1v) is 7.28. The molecule has 2 aromatic carbocycles. The van der Waals surface area contributed by atoms with Crippen LogP contribution < -0.4 is 16.0 Å². The van der Waals surface area contributed by atoms with Crippen LogP contribution in [0.15, 0.2) is 42.5 Å². The molecule has 0 aliphatic carbocycles. The summed E-state index contributed by atoms with van der Waals surface area (Å²) in [5, 5.41) is 2.45. The molecule has 0 bridgehead atoms. The lowest BCUT2D eigenvalue weighted by molar-refractivity contribution is -0.114. The number of hydrogen-bond donors (Lipinski definition) is 2. The summed E-state index contributed by atoms with van der Waals surface area (Å²) in [7, 11) is 0. The van der Waals surface area contributed by atoms with Gasteiger partial charge in [-0.15, -0.1) is 0 Å². The van der Waals surface area contributed by atoms with Crippen molar-refractivity contribution in [3.8, 4) is 0 Å². The summed E-state index contributed by atoms with van der Waals surface area (Å²) in [5.74, 6) is -0.850. The van der Waals surface area contributed by atoms with Crippen molar-refractivity contribution in [2.75, 3.05) is 23.3 Å². The Morgan fingerprint density at radius 2 is 2.00 bits per heavy atom. The number of nitrogens with one attached hydrogen (secondary N) is 1. The van der Waals surface area contributed by atoms with Gasteiger partial charge in [0.25, 0.3) is 0 Å². The van der Waals surface area contributed by atoms with Gasteiger partial charge < -0.3 is 16.0 Å². The standard InChI is InChI=1S/C17H18FN3O/c18-15-9-14(5-6-16(15)20-17(22)10-19)21-8-7-12-3-1-2-4-13(12)11-21/h1-6,9H,7-8,10-11,19H2,(H,20,22). The maximum atomic E-state index is 14.1. The van der Waals surface area contributed by atoms with Crippen LogP contribution >= 0.6 is 0 Å². The number of amides is 1. The molecular weight excluding hydrogens is 281 g/mol. The molecule has 1 amide bonds. The molecule has 0 saturated carbocycles. The van der Waals surface area contributed by atoms with Gasteiger partial charge in [0.2, 0.25) is 5.91 Å². The first-order valence-electron chi connectivity index (χ1n) is 7.28. The lowest BCUT2D eigenvalue weighted by Crippen LogP contribution is -2.30. The van der Waals surface area contributed by atoms with Gasteiger partial charge in [0.1, 0.15) is 5.82 Å². The van der Waals surface area contributed by atoms with Crippen molar-refractivity contribution >= 4 is 17.3 Å². The van der Waals surface area contributed by atoms with Gasteiger partial charge >= 0.3 is 0 Å². The maximum Gasteiger partial charge on any atom is 0.238 e. The van der Waals surface area contributed by atoms with Crippen molar-refractivity contribution in [2.24, 2.45) is 5.73 Å². The number of rotatable bonds is 3. The molecule has 0 radical (unpaired) electrons. The summed E-state index contributed by atoms with van der Waals surface area (Å²) in [6.07, 6.45) is 0.948. The topological polar surface area (TPSA) is 58.4 Å². The quantitative estimate of drug-likeness (QED) is 0.914. The van der Waals surface area contributed by atoms with Crippen LogP contribution in [0.5, 0.6) is 0 Å². The van der Waals surface area contributed by atoms with E-state index in [1.807, 2.05) is 18.2 Å². The summed E-state index contributed by atoms with van der Waals surface area (Å²) in [6.45, 7) is 1.46. The molecule has 1 aliphatic rings. The Kier molecular flexibility index (Phi) is 4.06. The fraction of sp³-hybridized carbons (Fsp3) is 0.235. The third-order valence-corrected chi connectivity index (χ3v) is 3.91. The van der Waals surface area contributed by atoms with E-state index in [9.17, 15) is 9.18 Å². The van der Waals surface area contributed by atoms with Crippen molar-refractivity contribution < 1.29 is 9.18 Å². The predicted molar refractivity (Wildman–Crippen MR) is 85.3 cm³/mol. The molecule has 0 atom stereocenters. The van der Waals surface area contributed by atoms with Crippen molar-refractivity contribution in [3.63, 3.8) is 0 Å². The lowest BCUT2D eigenvalue weighted by atomic mass is 9.99. The zero-order valence-corrected chi connectivity index (χ0v) is 12.2. The first-order chi connectivity index (χ1) is 10.7. The zero-order valence-electron chi connectivity index (χ0n) is 12.2. The molecule has 3 rings (SSSR count). The Balaban J connectivity index is 1.79. The predicted octanol–water partition coefficient (Wildman–Crippen LogP) is 2.29. The molecule has 4 nitrogen and oxygen atoms in total. The molecule has 1 aliphatic heterocycles. The monoisotopic (exact) mass is 299 g/mol. The van der Waals surface area contributed by atoms with E-state index in [4.69, 9.17) is 5.73 Å². The van der Waals surface area contributed by atoms with E-state index in [-0.39, 0.29) is 12.2 Å². The maximum absolute atomic E-state index is 14.1. The SMILES string of the molecule is NCC(=O)Nc1ccc(N2CCc3ccccc3C2)cc1F. The molecule has 114 valence electrons. The second-order valence-electron chi connectivity index (χ2n) is 5.36. The second kappa shape index (κ2) is 6.15. The lowest BCUT2D eigenvalue weighted by Gasteiger charge is -2.31. The number of hydrogen-bond acceptors (Lipinski definition) is 3. The van der Waals surface area contributed by atoms with Crippen LogP contribution in [0.1, 0.15) is 11.1 Å². The van der Waals surface area contributed by atoms with Crippen LogP contribution in [0.3, 0.4) is 0 Å². The fourth-order valence-corrected chi connectivity index (χ4v) is 2.72. The highest BCUT2D eigenvalue weighted by molar-refractivity contribution is 5.92. The van der Waals surface area contributed by atoms with Gasteiger partial charge in [-0.25, -0.2) is 4.39 Å². The van der Waals surface area contributed by atoms with E-state index in [0.29, 0.717) is 0 Å². The minimum Gasteiger partial charge on any atom is -0.367 e. The number of nitrogens with zero attached hydrogens (tertiary/aromatic N) is 1. The van der Waals surface area contributed by atoms with Crippen LogP contribution in [0, 0.1) is 5.82 Å². The van der Waals surface area contributed by atoms with Crippen LogP contribution in [0.2, 0.25) is 0 Å². The number of anilines is 2. The highest BCUT2D eigenvalue weighted by atomic mass is 19.1. The number of carbonyl (C=O) groups is 1. The summed E-state index contributed by atoms with van der Waals surface area (Å²) in [5.41, 5.74) is 8.83. The molecule has 1 heterocycles. The van der Waals surface area contributed by atoms with E-state index in [2.05, 4.69) is 22.3 Å². The van der Waals surface area contributed by atoms with Crippen molar-refractivity contribution in [1.29, 1.82) is 0 Å². The second-order valence-corrected chi connectivity index (χ2v) is 5.36. The van der Waals surface area contributed by atoms with Crippen LogP contribution in [-0.2, 0) is 17.8 Å². The molecule has 22 heavy (non-hydrogen) atoms. The average molecular weight is 299 g/mol. The van der Waals surface area contributed by atoms with Gasteiger partial charge in [-0.1, -0.05) is 24.3 Å². The normalized spacial score (nSPS) is 13.6. The Morgan fingerprint density at radius 3 is 2.73 bits per heavy atom. The van der Waals surface area contributed by atoms with Gasteiger partial charge in [-0.3, -0.25) is 4.79 Å². The van der Waals surface area contributed by atoms with Crippen molar-refractivity contribution in [1.82, 2.24) is 0 Å². The third kappa shape index (κ3) is 2.94. The number of fused-ring (bicyclic) bond motifs is 1. The molecule has 3 N–H and O–H groups in total. The van der Waals surface area contributed by atoms with Crippen LogP contribution in [0.25, 0.3) is 0 Å². The van der Waals surface area contributed by atoms with E-state index in [1.165, 1.54) is 17.2 Å². The summed E-state index contributed by atoms with van der Waals surface area (Å²) < 4.78 is 14.1. The molecule has 5 heteroatoms. The third-order valence-electron chi connectivity index (χ3n) is 3.91. The average Bonchev–Trinajstić information content (AvgIpc) is 2.56. The zero-order chi connectivity index (χ0) is 15.5. The minimum absolute atomic E-state index is 0.163. The smallest absolute Gasteiger partial charge is 0.238 e. The van der Waals surface area contributed by atoms with Gasteiger partial charge in [0.15, 0.2) is 0 Å². The number of halogens is 1. The molecule has 0 unspecified atom stereocenters. The Hall–Kier alpha value is -2.40. The largest absolute Gasteiger partial charge is 0.367 e. The summed E-state index contributed by atoms with van der Waals surface area (Å²) in [6, 6.07) is 13.2. The van der Waals surface area contributed by atoms with Gasteiger partial charge in [0, 0.05) is 18.8 Å². The molecule has 0 spiro atoms. The van der Waals surface area contributed by atoms with Gasteiger partial charge in [-0.05, 0) is 35.7 Å². The van der Waals surface area contributed by atoms with Crippen molar-refractivity contribution in [3.05, 3.63) is 59.4 Å². The Bertz CT molecular complexity index is 702. The molecule has 0 fully saturated rings.